The van der Waals surface area contributed by atoms with Crippen LogP contribution in [0.1, 0.15) is 6.92 Å². The van der Waals surface area contributed by atoms with Crippen LogP contribution in [0.2, 0.25) is 0 Å². The number of hydrogen-bond donors (Lipinski definition) is 1. The number of benzene rings is 1. The summed E-state index contributed by atoms with van der Waals surface area (Å²) in [6.45, 7) is 1.11. The molecule has 0 spiro atoms. The van der Waals surface area contributed by atoms with E-state index in [0.717, 1.165) is 6.92 Å². The van der Waals surface area contributed by atoms with Gasteiger partial charge in [0.2, 0.25) is 5.91 Å². The Labute approximate surface area is 86.2 Å². The Morgan fingerprint density at radius 1 is 1.36 bits per heavy atom. The molecule has 1 aromatic rings. The lowest BCUT2D eigenvalue weighted by atomic mass is 10.3. The Bertz CT molecular complexity index is 395. The summed E-state index contributed by atoms with van der Waals surface area (Å²) in [5.74, 6) is -4.25. The summed E-state index contributed by atoms with van der Waals surface area (Å²) in [7, 11) is 0. The molecular weight excluding hydrogens is 263 g/mol. The van der Waals surface area contributed by atoms with Crippen LogP contribution in [0, 0.1) is 17.5 Å². The third-order valence-electron chi connectivity index (χ3n) is 1.41. The average molecular weight is 268 g/mol. The molecular formula is C8H5BrF3NO. The monoisotopic (exact) mass is 267 g/mol. The van der Waals surface area contributed by atoms with Crippen molar-refractivity contribution in [3.05, 3.63) is 28.0 Å². The van der Waals surface area contributed by atoms with E-state index in [1.165, 1.54) is 0 Å². The zero-order valence-corrected chi connectivity index (χ0v) is 8.58. The molecule has 0 saturated heterocycles. The van der Waals surface area contributed by atoms with E-state index in [4.69, 9.17) is 0 Å². The first-order valence-electron chi connectivity index (χ1n) is 3.54. The van der Waals surface area contributed by atoms with E-state index < -0.39 is 33.5 Å². The van der Waals surface area contributed by atoms with Crippen molar-refractivity contribution in [3.8, 4) is 0 Å². The van der Waals surface area contributed by atoms with Gasteiger partial charge in [0.1, 0.15) is 5.82 Å². The van der Waals surface area contributed by atoms with Gasteiger partial charge in [-0.15, -0.1) is 0 Å². The van der Waals surface area contributed by atoms with Crippen molar-refractivity contribution in [1.82, 2.24) is 0 Å². The van der Waals surface area contributed by atoms with Crippen LogP contribution < -0.4 is 5.32 Å². The minimum atomic E-state index is -1.37. The Kier molecular flexibility index (Phi) is 3.15. The van der Waals surface area contributed by atoms with Crippen LogP contribution in [0.4, 0.5) is 18.9 Å². The summed E-state index contributed by atoms with van der Waals surface area (Å²) in [4.78, 5) is 10.5. The molecule has 0 unspecified atom stereocenters. The van der Waals surface area contributed by atoms with Crippen molar-refractivity contribution >= 4 is 27.5 Å². The largest absolute Gasteiger partial charge is 0.324 e. The fraction of sp³-hybridized carbons (Fsp3) is 0.125. The van der Waals surface area contributed by atoms with Crippen molar-refractivity contribution < 1.29 is 18.0 Å². The molecule has 0 radical (unpaired) electrons. The number of nitrogens with one attached hydrogen (secondary N) is 1. The second-order valence-corrected chi connectivity index (χ2v) is 3.32. The van der Waals surface area contributed by atoms with Gasteiger partial charge in [0, 0.05) is 13.0 Å². The fourth-order valence-electron chi connectivity index (χ4n) is 0.853. The van der Waals surface area contributed by atoms with Gasteiger partial charge in [-0.2, -0.15) is 0 Å². The number of halogens is 4. The van der Waals surface area contributed by atoms with Crippen molar-refractivity contribution in [1.29, 1.82) is 0 Å². The minimum Gasteiger partial charge on any atom is -0.324 e. The van der Waals surface area contributed by atoms with E-state index in [1.54, 1.807) is 0 Å². The Balaban J connectivity index is 3.25. The lowest BCUT2D eigenvalue weighted by Gasteiger charge is -2.06. The molecule has 0 saturated carbocycles. The predicted molar refractivity (Wildman–Crippen MR) is 48.3 cm³/mol. The summed E-state index contributed by atoms with van der Waals surface area (Å²) < 4.78 is 38.2. The van der Waals surface area contributed by atoms with Gasteiger partial charge >= 0.3 is 0 Å². The van der Waals surface area contributed by atoms with Crippen LogP contribution in [0.15, 0.2) is 10.5 Å². The topological polar surface area (TPSA) is 29.1 Å². The molecule has 0 aliphatic heterocycles. The van der Waals surface area contributed by atoms with E-state index in [2.05, 4.69) is 15.9 Å². The van der Waals surface area contributed by atoms with E-state index in [9.17, 15) is 18.0 Å². The molecule has 1 aromatic carbocycles. The highest BCUT2D eigenvalue weighted by Crippen LogP contribution is 2.27. The van der Waals surface area contributed by atoms with E-state index in [0.29, 0.717) is 6.07 Å². The second kappa shape index (κ2) is 4.00. The number of hydrogen-bond acceptors (Lipinski definition) is 1. The molecule has 14 heavy (non-hydrogen) atoms. The third kappa shape index (κ3) is 2.06. The van der Waals surface area contributed by atoms with Crippen molar-refractivity contribution in [2.45, 2.75) is 6.92 Å². The first-order chi connectivity index (χ1) is 6.43. The van der Waals surface area contributed by atoms with E-state index >= 15 is 0 Å². The summed E-state index contributed by atoms with van der Waals surface area (Å²) in [6.07, 6.45) is 0. The van der Waals surface area contributed by atoms with Gasteiger partial charge in [0.05, 0.1) is 10.2 Å². The van der Waals surface area contributed by atoms with Crippen molar-refractivity contribution in [2.24, 2.45) is 0 Å². The zero-order valence-electron chi connectivity index (χ0n) is 7.00. The highest BCUT2D eigenvalue weighted by atomic mass is 79.9. The standard InChI is InChI=1S/C8H5BrF3NO/c1-3(14)13-5-2-4(10)6(9)8(12)7(5)11/h2H,1H3,(H,13,14). The maximum Gasteiger partial charge on any atom is 0.221 e. The third-order valence-corrected chi connectivity index (χ3v) is 2.14. The smallest absolute Gasteiger partial charge is 0.221 e. The second-order valence-electron chi connectivity index (χ2n) is 2.53. The molecule has 1 rings (SSSR count). The molecule has 0 aromatic heterocycles. The molecule has 0 aliphatic rings. The van der Waals surface area contributed by atoms with Crippen LogP contribution in [0.5, 0.6) is 0 Å². The van der Waals surface area contributed by atoms with Gasteiger partial charge in [-0.25, -0.2) is 13.2 Å². The molecule has 6 heteroatoms. The molecule has 0 fully saturated rings. The molecule has 0 heterocycles. The predicted octanol–water partition coefficient (Wildman–Crippen LogP) is 2.82. The first-order valence-corrected chi connectivity index (χ1v) is 4.33. The van der Waals surface area contributed by atoms with Crippen molar-refractivity contribution in [2.75, 3.05) is 5.32 Å². The molecule has 1 amide bonds. The number of carbonyl (C=O) groups is 1. The van der Waals surface area contributed by atoms with E-state index in [1.807, 2.05) is 5.32 Å². The lowest BCUT2D eigenvalue weighted by Crippen LogP contribution is -2.09. The molecule has 2 nitrogen and oxygen atoms in total. The van der Waals surface area contributed by atoms with Gasteiger partial charge < -0.3 is 5.32 Å². The average Bonchev–Trinajstić information content (AvgIpc) is 2.10. The highest BCUT2D eigenvalue weighted by molar-refractivity contribution is 9.10. The summed E-state index contributed by atoms with van der Waals surface area (Å²) in [5.41, 5.74) is -0.518. The lowest BCUT2D eigenvalue weighted by molar-refractivity contribution is -0.114. The van der Waals surface area contributed by atoms with Gasteiger partial charge in [-0.05, 0) is 15.9 Å². The normalized spacial score (nSPS) is 10.1. The Morgan fingerprint density at radius 2 is 1.93 bits per heavy atom. The van der Waals surface area contributed by atoms with Crippen molar-refractivity contribution in [3.63, 3.8) is 0 Å². The minimum absolute atomic E-state index is 0.518. The maximum atomic E-state index is 13.0. The number of amides is 1. The number of anilines is 1. The van der Waals surface area contributed by atoms with Crippen LogP contribution in [-0.2, 0) is 4.79 Å². The Morgan fingerprint density at radius 3 is 2.43 bits per heavy atom. The highest BCUT2D eigenvalue weighted by Gasteiger charge is 2.17. The summed E-state index contributed by atoms with van der Waals surface area (Å²) in [5, 5.41) is 1.97. The fourth-order valence-corrected chi connectivity index (χ4v) is 1.14. The van der Waals surface area contributed by atoms with Gasteiger partial charge in [-0.1, -0.05) is 0 Å². The Hall–Kier alpha value is -1.04. The molecule has 1 N–H and O–H groups in total. The SMILES string of the molecule is CC(=O)Nc1cc(F)c(Br)c(F)c1F. The molecule has 0 aliphatic carbocycles. The quantitative estimate of drug-likeness (QED) is 0.615. The summed E-state index contributed by atoms with van der Waals surface area (Å²) in [6, 6.07) is 0.698. The van der Waals surface area contributed by atoms with E-state index in [-0.39, 0.29) is 0 Å². The summed E-state index contributed by atoms with van der Waals surface area (Å²) >= 11 is 2.53. The van der Waals surface area contributed by atoms with Crippen LogP contribution >= 0.6 is 15.9 Å². The van der Waals surface area contributed by atoms with Gasteiger partial charge in [0.15, 0.2) is 11.6 Å². The maximum absolute atomic E-state index is 13.0. The van der Waals surface area contributed by atoms with Crippen LogP contribution in [0.25, 0.3) is 0 Å². The number of carbonyl (C=O) groups excluding carboxylic acids is 1. The van der Waals surface area contributed by atoms with Gasteiger partial charge in [0.25, 0.3) is 0 Å². The zero-order chi connectivity index (χ0) is 10.9. The first kappa shape index (κ1) is 11.0. The van der Waals surface area contributed by atoms with Crippen LogP contribution in [-0.4, -0.2) is 5.91 Å². The van der Waals surface area contributed by atoms with Gasteiger partial charge in [-0.3, -0.25) is 4.79 Å². The van der Waals surface area contributed by atoms with Crippen LogP contribution in [0.3, 0.4) is 0 Å². The molecule has 0 bridgehead atoms. The number of rotatable bonds is 1. The molecule has 76 valence electrons. The molecule has 0 atom stereocenters.